The average molecular weight is 240 g/mol. The second-order valence-electron chi connectivity index (χ2n) is 4.93. The van der Waals surface area contributed by atoms with Crippen molar-refractivity contribution in [1.82, 2.24) is 0 Å². The second-order valence-corrected chi connectivity index (χ2v) is 4.93. The van der Waals surface area contributed by atoms with Crippen molar-refractivity contribution in [2.45, 2.75) is 77.2 Å². The van der Waals surface area contributed by atoms with E-state index in [1.165, 1.54) is 44.9 Å². The van der Waals surface area contributed by atoms with E-state index in [1.54, 1.807) is 0 Å². The maximum Gasteiger partial charge on any atom is 0.0223 e. The van der Waals surface area contributed by atoms with Crippen molar-refractivity contribution < 1.29 is 0 Å². The first-order chi connectivity index (χ1) is 8.31. The third kappa shape index (κ3) is 13.6. The van der Waals surface area contributed by atoms with Gasteiger partial charge in [0.2, 0.25) is 0 Å². The molecule has 0 bridgehead atoms. The van der Waals surface area contributed by atoms with Gasteiger partial charge in [-0.15, -0.1) is 0 Å². The summed E-state index contributed by atoms with van der Waals surface area (Å²) in [6.07, 6.45) is 17.1. The Bertz CT molecular complexity index is 166. The SMILES string of the molecule is CCCCCCCCC=CC(N)CCCCN. The molecule has 0 aromatic heterocycles. The van der Waals surface area contributed by atoms with Crippen molar-refractivity contribution in [2.24, 2.45) is 11.5 Å². The van der Waals surface area contributed by atoms with Gasteiger partial charge in [0, 0.05) is 6.04 Å². The average Bonchev–Trinajstić information content (AvgIpc) is 2.33. The molecule has 102 valence electrons. The molecule has 0 rings (SSSR count). The molecule has 2 nitrogen and oxygen atoms in total. The summed E-state index contributed by atoms with van der Waals surface area (Å²) in [6.45, 7) is 3.04. The summed E-state index contributed by atoms with van der Waals surface area (Å²) in [5.41, 5.74) is 11.4. The van der Waals surface area contributed by atoms with Gasteiger partial charge in [-0.3, -0.25) is 0 Å². The summed E-state index contributed by atoms with van der Waals surface area (Å²) < 4.78 is 0. The van der Waals surface area contributed by atoms with Gasteiger partial charge in [0.25, 0.3) is 0 Å². The van der Waals surface area contributed by atoms with E-state index in [-0.39, 0.29) is 6.04 Å². The lowest BCUT2D eigenvalue weighted by Crippen LogP contribution is -2.16. The first kappa shape index (κ1) is 16.7. The number of hydrogen-bond donors (Lipinski definition) is 2. The fourth-order valence-electron chi connectivity index (χ4n) is 1.93. The van der Waals surface area contributed by atoms with E-state index in [0.29, 0.717) is 0 Å². The molecule has 4 N–H and O–H groups in total. The molecule has 0 aromatic carbocycles. The Morgan fingerprint density at radius 2 is 1.65 bits per heavy atom. The Balaban J connectivity index is 3.22. The van der Waals surface area contributed by atoms with Crippen LogP contribution in [0.3, 0.4) is 0 Å². The lowest BCUT2D eigenvalue weighted by atomic mass is 10.1. The number of allylic oxidation sites excluding steroid dienone is 1. The highest BCUT2D eigenvalue weighted by molar-refractivity contribution is 4.91. The van der Waals surface area contributed by atoms with Crippen LogP contribution < -0.4 is 11.5 Å². The van der Waals surface area contributed by atoms with Gasteiger partial charge in [-0.2, -0.15) is 0 Å². The molecule has 0 saturated carbocycles. The Morgan fingerprint density at radius 3 is 2.35 bits per heavy atom. The van der Waals surface area contributed by atoms with Crippen molar-refractivity contribution in [2.75, 3.05) is 6.54 Å². The highest BCUT2D eigenvalue weighted by Crippen LogP contribution is 2.07. The van der Waals surface area contributed by atoms with Crippen LogP contribution in [0.1, 0.15) is 71.1 Å². The molecule has 0 fully saturated rings. The molecule has 0 heterocycles. The Hall–Kier alpha value is -0.340. The van der Waals surface area contributed by atoms with E-state index < -0.39 is 0 Å². The summed E-state index contributed by atoms with van der Waals surface area (Å²) >= 11 is 0. The lowest BCUT2D eigenvalue weighted by molar-refractivity contribution is 0.608. The molecule has 0 amide bonds. The standard InChI is InChI=1S/C15H32N2/c1-2-3-4-5-6-7-8-9-12-15(17)13-10-11-14-16/h9,12,15H,2-8,10-11,13-14,16-17H2,1H3. The molecule has 1 unspecified atom stereocenters. The van der Waals surface area contributed by atoms with Crippen LogP contribution in [0.15, 0.2) is 12.2 Å². The van der Waals surface area contributed by atoms with Crippen molar-refractivity contribution in [1.29, 1.82) is 0 Å². The zero-order valence-corrected chi connectivity index (χ0v) is 11.7. The van der Waals surface area contributed by atoms with Crippen molar-refractivity contribution in [3.63, 3.8) is 0 Å². The van der Waals surface area contributed by atoms with Crippen molar-refractivity contribution in [3.05, 3.63) is 12.2 Å². The van der Waals surface area contributed by atoms with Gasteiger partial charge in [0.05, 0.1) is 0 Å². The van der Waals surface area contributed by atoms with Crippen LogP contribution in [-0.2, 0) is 0 Å². The van der Waals surface area contributed by atoms with E-state index in [4.69, 9.17) is 11.5 Å². The van der Waals surface area contributed by atoms with E-state index in [0.717, 1.165) is 25.8 Å². The largest absolute Gasteiger partial charge is 0.330 e. The maximum atomic E-state index is 5.97. The minimum absolute atomic E-state index is 0.238. The monoisotopic (exact) mass is 240 g/mol. The molecule has 17 heavy (non-hydrogen) atoms. The highest BCUT2D eigenvalue weighted by atomic mass is 14.6. The van der Waals surface area contributed by atoms with Gasteiger partial charge in [0.1, 0.15) is 0 Å². The first-order valence-corrected chi connectivity index (χ1v) is 7.43. The molecule has 0 aliphatic rings. The predicted octanol–water partition coefficient (Wildman–Crippen LogP) is 3.75. The Morgan fingerprint density at radius 1 is 0.941 bits per heavy atom. The second kappa shape index (κ2) is 13.7. The molecule has 0 spiro atoms. The molecule has 1 atom stereocenters. The molecule has 0 saturated heterocycles. The normalized spacial score (nSPS) is 13.4. The van der Waals surface area contributed by atoms with Crippen LogP contribution in [0.2, 0.25) is 0 Å². The predicted molar refractivity (Wildman–Crippen MR) is 78.0 cm³/mol. The maximum absolute atomic E-state index is 5.97. The Labute approximate surface area is 108 Å². The number of hydrogen-bond acceptors (Lipinski definition) is 2. The van der Waals surface area contributed by atoms with Crippen LogP contribution in [0.5, 0.6) is 0 Å². The van der Waals surface area contributed by atoms with Crippen molar-refractivity contribution >= 4 is 0 Å². The van der Waals surface area contributed by atoms with Crippen LogP contribution >= 0.6 is 0 Å². The lowest BCUT2D eigenvalue weighted by Gasteiger charge is -2.05. The summed E-state index contributed by atoms with van der Waals surface area (Å²) in [7, 11) is 0. The summed E-state index contributed by atoms with van der Waals surface area (Å²) in [6, 6.07) is 0.238. The molecular formula is C15H32N2. The molecule has 2 heteroatoms. The van der Waals surface area contributed by atoms with E-state index in [2.05, 4.69) is 19.1 Å². The highest BCUT2D eigenvalue weighted by Gasteiger charge is 1.96. The zero-order valence-electron chi connectivity index (χ0n) is 11.7. The molecular weight excluding hydrogens is 208 g/mol. The van der Waals surface area contributed by atoms with Crippen LogP contribution in [0.4, 0.5) is 0 Å². The van der Waals surface area contributed by atoms with Crippen LogP contribution in [0, 0.1) is 0 Å². The van der Waals surface area contributed by atoms with E-state index in [9.17, 15) is 0 Å². The fourth-order valence-corrected chi connectivity index (χ4v) is 1.93. The minimum atomic E-state index is 0.238. The summed E-state index contributed by atoms with van der Waals surface area (Å²) in [4.78, 5) is 0. The molecule has 0 aliphatic heterocycles. The van der Waals surface area contributed by atoms with Gasteiger partial charge in [-0.25, -0.2) is 0 Å². The quantitative estimate of drug-likeness (QED) is 0.403. The van der Waals surface area contributed by atoms with Gasteiger partial charge >= 0.3 is 0 Å². The number of nitrogens with two attached hydrogens (primary N) is 2. The summed E-state index contributed by atoms with van der Waals surface area (Å²) in [5.74, 6) is 0. The topological polar surface area (TPSA) is 52.0 Å². The first-order valence-electron chi connectivity index (χ1n) is 7.43. The van der Waals surface area contributed by atoms with Crippen LogP contribution in [0.25, 0.3) is 0 Å². The smallest absolute Gasteiger partial charge is 0.0223 e. The van der Waals surface area contributed by atoms with Gasteiger partial charge in [-0.1, -0.05) is 57.6 Å². The minimum Gasteiger partial charge on any atom is -0.330 e. The zero-order chi connectivity index (χ0) is 12.8. The fraction of sp³-hybridized carbons (Fsp3) is 0.867. The third-order valence-corrected chi connectivity index (χ3v) is 3.10. The van der Waals surface area contributed by atoms with Gasteiger partial charge in [0.15, 0.2) is 0 Å². The van der Waals surface area contributed by atoms with Gasteiger partial charge in [-0.05, 0) is 32.2 Å². The third-order valence-electron chi connectivity index (χ3n) is 3.10. The number of rotatable bonds is 12. The number of unbranched alkanes of at least 4 members (excludes halogenated alkanes) is 7. The van der Waals surface area contributed by atoms with Gasteiger partial charge < -0.3 is 11.5 Å². The summed E-state index contributed by atoms with van der Waals surface area (Å²) in [5, 5.41) is 0. The molecule has 0 aliphatic carbocycles. The molecule has 0 radical (unpaired) electrons. The van der Waals surface area contributed by atoms with Crippen LogP contribution in [-0.4, -0.2) is 12.6 Å². The van der Waals surface area contributed by atoms with E-state index in [1.807, 2.05) is 0 Å². The molecule has 0 aromatic rings. The Kier molecular flexibility index (Phi) is 13.4. The van der Waals surface area contributed by atoms with Crippen molar-refractivity contribution in [3.8, 4) is 0 Å². The van der Waals surface area contributed by atoms with E-state index >= 15 is 0 Å².